The van der Waals surface area contributed by atoms with Crippen LogP contribution in [0.2, 0.25) is 0 Å². The molecule has 1 aromatic heterocycles. The van der Waals surface area contributed by atoms with Crippen molar-refractivity contribution in [1.82, 2.24) is 4.57 Å². The maximum atomic E-state index is 13.6. The van der Waals surface area contributed by atoms with E-state index in [1.54, 1.807) is 67.8 Å². The lowest BCUT2D eigenvalue weighted by Crippen LogP contribution is -2.32. The Kier molecular flexibility index (Phi) is 8.09. The van der Waals surface area contributed by atoms with Gasteiger partial charge in [-0.3, -0.25) is 14.2 Å². The molecular formula is C30H27N3O4S. The summed E-state index contributed by atoms with van der Waals surface area (Å²) in [7, 11) is 3.09. The Bertz CT molecular complexity index is 1680. The van der Waals surface area contributed by atoms with Gasteiger partial charge in [-0.15, -0.1) is 11.3 Å². The van der Waals surface area contributed by atoms with Gasteiger partial charge in [0.2, 0.25) is 0 Å². The van der Waals surface area contributed by atoms with E-state index in [9.17, 15) is 14.9 Å². The lowest BCUT2D eigenvalue weighted by atomic mass is 10.0. The predicted molar refractivity (Wildman–Crippen MR) is 150 cm³/mol. The molecule has 4 rings (SSSR count). The fourth-order valence-electron chi connectivity index (χ4n) is 3.90. The van der Waals surface area contributed by atoms with Crippen LogP contribution in [-0.4, -0.2) is 24.7 Å². The van der Waals surface area contributed by atoms with E-state index in [1.807, 2.05) is 24.3 Å². The molecule has 0 radical (unpaired) electrons. The monoisotopic (exact) mass is 525 g/mol. The molecule has 0 fully saturated rings. The van der Waals surface area contributed by atoms with Crippen LogP contribution in [0.5, 0.6) is 11.5 Å². The Hall–Kier alpha value is -4.61. The Morgan fingerprint density at radius 2 is 1.68 bits per heavy atom. The highest BCUT2D eigenvalue weighted by Crippen LogP contribution is 2.27. The van der Waals surface area contributed by atoms with Gasteiger partial charge in [-0.25, -0.2) is 0 Å². The van der Waals surface area contributed by atoms with Gasteiger partial charge in [0, 0.05) is 5.69 Å². The van der Waals surface area contributed by atoms with Crippen LogP contribution in [-0.2, 0) is 4.79 Å². The van der Waals surface area contributed by atoms with Gasteiger partial charge in [0.15, 0.2) is 17.1 Å². The van der Waals surface area contributed by atoms with Crippen molar-refractivity contribution >= 4 is 34.6 Å². The number of amides is 1. The summed E-state index contributed by atoms with van der Waals surface area (Å²) in [5.74, 6) is 0.853. The predicted octanol–water partition coefficient (Wildman–Crippen LogP) is 4.18. The molecule has 1 N–H and O–H groups in total. The number of carbonyl (C=O) groups excluding carboxylic acids is 1. The van der Waals surface area contributed by atoms with Crippen molar-refractivity contribution in [2.45, 2.75) is 19.8 Å². The Morgan fingerprint density at radius 1 is 1.00 bits per heavy atom. The van der Waals surface area contributed by atoms with E-state index in [0.29, 0.717) is 38.9 Å². The van der Waals surface area contributed by atoms with Gasteiger partial charge in [-0.05, 0) is 59.5 Å². The summed E-state index contributed by atoms with van der Waals surface area (Å²) in [5, 5.41) is 12.8. The number of aromatic nitrogens is 1. The van der Waals surface area contributed by atoms with E-state index in [4.69, 9.17) is 9.47 Å². The first-order valence-electron chi connectivity index (χ1n) is 11.9. The average Bonchev–Trinajstić information content (AvgIpc) is 3.24. The van der Waals surface area contributed by atoms with Gasteiger partial charge in [0.05, 0.1) is 24.4 Å². The minimum Gasteiger partial charge on any atom is -0.493 e. The van der Waals surface area contributed by atoms with Crippen molar-refractivity contribution in [3.8, 4) is 23.3 Å². The number of para-hydroxylation sites is 1. The molecule has 0 aliphatic rings. The summed E-state index contributed by atoms with van der Waals surface area (Å²) < 4.78 is 12.7. The van der Waals surface area contributed by atoms with Crippen LogP contribution in [0.25, 0.3) is 17.3 Å². The van der Waals surface area contributed by atoms with Gasteiger partial charge in [-0.1, -0.05) is 50.2 Å². The van der Waals surface area contributed by atoms with Crippen LogP contribution in [0.15, 0.2) is 77.6 Å². The van der Waals surface area contributed by atoms with E-state index >= 15 is 0 Å². The normalized spacial score (nSPS) is 12.2. The second kappa shape index (κ2) is 11.6. The molecule has 192 valence electrons. The van der Waals surface area contributed by atoms with E-state index in [-0.39, 0.29) is 15.8 Å². The number of carbonyl (C=O) groups is 1. The maximum absolute atomic E-state index is 13.6. The topological polar surface area (TPSA) is 93.4 Å². The summed E-state index contributed by atoms with van der Waals surface area (Å²) in [4.78, 5) is 26.9. The molecule has 0 atom stereocenters. The fraction of sp³-hybridized carbons (Fsp3) is 0.167. The third-order valence-corrected chi connectivity index (χ3v) is 7.02. The van der Waals surface area contributed by atoms with Crippen molar-refractivity contribution in [3.05, 3.63) is 103 Å². The lowest BCUT2D eigenvalue weighted by molar-refractivity contribution is -0.111. The minimum atomic E-state index is -0.589. The third kappa shape index (κ3) is 5.53. The van der Waals surface area contributed by atoms with Crippen molar-refractivity contribution in [3.63, 3.8) is 0 Å². The number of thiazole rings is 1. The number of methoxy groups -OCH3 is 2. The van der Waals surface area contributed by atoms with Gasteiger partial charge < -0.3 is 14.8 Å². The standard InChI is InChI=1S/C30H27N3O4S/c1-19(2)21-11-13-22(14-12-21)32-28(34)24(18-31)30-33(23-8-6-5-7-9-23)29(35)27(38-30)17-20-10-15-25(36-3)26(16-20)37-4/h5-17,19H,1-4H3,(H,32,34)/b27-17+,30-24-. The van der Waals surface area contributed by atoms with E-state index in [1.165, 1.54) is 11.7 Å². The summed E-state index contributed by atoms with van der Waals surface area (Å²) in [5.41, 5.74) is 2.47. The first kappa shape index (κ1) is 26.5. The second-order valence-electron chi connectivity index (χ2n) is 8.72. The Morgan fingerprint density at radius 3 is 2.29 bits per heavy atom. The molecular weight excluding hydrogens is 498 g/mol. The number of anilines is 1. The molecule has 1 amide bonds. The molecule has 38 heavy (non-hydrogen) atoms. The molecule has 3 aromatic carbocycles. The number of nitrogens with zero attached hydrogens (tertiary/aromatic N) is 2. The summed E-state index contributed by atoms with van der Waals surface area (Å²) in [6, 6.07) is 23.8. The molecule has 1 heterocycles. The number of nitrogens with one attached hydrogen (secondary N) is 1. The molecule has 0 saturated carbocycles. The molecule has 0 saturated heterocycles. The molecule has 0 aliphatic carbocycles. The molecule has 4 aromatic rings. The van der Waals surface area contributed by atoms with Crippen LogP contribution in [0.3, 0.4) is 0 Å². The van der Waals surface area contributed by atoms with Gasteiger partial charge >= 0.3 is 0 Å². The Balaban J connectivity index is 1.88. The molecule has 8 heteroatoms. The van der Waals surface area contributed by atoms with Crippen LogP contribution in [0.1, 0.15) is 30.9 Å². The highest BCUT2D eigenvalue weighted by Gasteiger charge is 2.17. The van der Waals surface area contributed by atoms with Gasteiger partial charge in [-0.2, -0.15) is 5.26 Å². The smallest absolute Gasteiger partial charge is 0.273 e. The first-order valence-corrected chi connectivity index (χ1v) is 12.7. The SMILES string of the molecule is COc1ccc(/C=c2/s/c(=C(/C#N)C(=O)Nc3ccc(C(C)C)cc3)n(-c3ccccc3)c2=O)cc1OC. The minimum absolute atomic E-state index is 0.157. The zero-order valence-corrected chi connectivity index (χ0v) is 22.3. The van der Waals surface area contributed by atoms with E-state index < -0.39 is 5.91 Å². The number of hydrogen-bond acceptors (Lipinski definition) is 6. The lowest BCUT2D eigenvalue weighted by Gasteiger charge is -2.08. The molecule has 0 unspecified atom stereocenters. The highest BCUT2D eigenvalue weighted by atomic mass is 32.1. The molecule has 0 bridgehead atoms. The number of ether oxygens (including phenoxy) is 2. The summed E-state index contributed by atoms with van der Waals surface area (Å²) >= 11 is 1.08. The van der Waals surface area contributed by atoms with Gasteiger partial charge in [0.1, 0.15) is 10.7 Å². The maximum Gasteiger partial charge on any atom is 0.273 e. The first-order chi connectivity index (χ1) is 18.4. The number of benzene rings is 3. The van der Waals surface area contributed by atoms with Crippen molar-refractivity contribution in [2.75, 3.05) is 19.5 Å². The number of hydrogen-bond donors (Lipinski definition) is 1. The largest absolute Gasteiger partial charge is 0.493 e. The molecule has 7 nitrogen and oxygen atoms in total. The van der Waals surface area contributed by atoms with Crippen LogP contribution < -0.4 is 29.5 Å². The highest BCUT2D eigenvalue weighted by molar-refractivity contribution is 7.07. The summed E-state index contributed by atoms with van der Waals surface area (Å²) in [6.45, 7) is 4.18. The zero-order chi connectivity index (χ0) is 27.2. The van der Waals surface area contributed by atoms with Crippen molar-refractivity contribution in [2.24, 2.45) is 0 Å². The third-order valence-electron chi connectivity index (χ3n) is 5.93. The van der Waals surface area contributed by atoms with E-state index in [2.05, 4.69) is 19.2 Å². The molecule has 0 aliphatic heterocycles. The quantitative estimate of drug-likeness (QED) is 0.391. The van der Waals surface area contributed by atoms with Gasteiger partial charge in [0.25, 0.3) is 11.5 Å². The Labute approximate surface area is 224 Å². The van der Waals surface area contributed by atoms with E-state index in [0.717, 1.165) is 16.9 Å². The number of rotatable bonds is 7. The molecule has 0 spiro atoms. The van der Waals surface area contributed by atoms with Crippen molar-refractivity contribution < 1.29 is 14.3 Å². The second-order valence-corrected chi connectivity index (χ2v) is 9.75. The average molecular weight is 526 g/mol. The van der Waals surface area contributed by atoms with Crippen molar-refractivity contribution in [1.29, 1.82) is 5.26 Å². The van der Waals surface area contributed by atoms with Crippen LogP contribution in [0.4, 0.5) is 5.69 Å². The van der Waals surface area contributed by atoms with Crippen LogP contribution >= 0.6 is 11.3 Å². The zero-order valence-electron chi connectivity index (χ0n) is 21.5. The fourth-order valence-corrected chi connectivity index (χ4v) is 5.00. The number of nitriles is 1. The van der Waals surface area contributed by atoms with Crippen LogP contribution in [0, 0.1) is 11.3 Å². The summed E-state index contributed by atoms with van der Waals surface area (Å²) in [6.07, 6.45) is 1.70.